The number of likely N-dealkylation sites (tertiary alicyclic amines) is 1. The van der Waals surface area contributed by atoms with Crippen molar-refractivity contribution in [1.82, 2.24) is 9.88 Å². The SMILES string of the molecule is Cc1ccncc1C(=O)N1CCCC(C(=O)O)C1. The van der Waals surface area contributed by atoms with Gasteiger partial charge in [-0.2, -0.15) is 0 Å². The van der Waals surface area contributed by atoms with Crippen molar-refractivity contribution in [3.05, 3.63) is 29.6 Å². The summed E-state index contributed by atoms with van der Waals surface area (Å²) in [6.07, 6.45) is 4.57. The van der Waals surface area contributed by atoms with Crippen LogP contribution in [0.1, 0.15) is 28.8 Å². The zero-order valence-electron chi connectivity index (χ0n) is 10.3. The molecule has 0 bridgehead atoms. The number of carbonyl (C=O) groups excluding carboxylic acids is 1. The summed E-state index contributed by atoms with van der Waals surface area (Å²) in [4.78, 5) is 28.8. The molecule has 5 heteroatoms. The van der Waals surface area contributed by atoms with Crippen molar-refractivity contribution < 1.29 is 14.7 Å². The van der Waals surface area contributed by atoms with E-state index in [-0.39, 0.29) is 5.91 Å². The quantitative estimate of drug-likeness (QED) is 0.857. The number of hydrogen-bond acceptors (Lipinski definition) is 3. The van der Waals surface area contributed by atoms with Crippen LogP contribution in [-0.2, 0) is 4.79 Å². The first-order valence-corrected chi connectivity index (χ1v) is 6.02. The van der Waals surface area contributed by atoms with Crippen molar-refractivity contribution in [3.63, 3.8) is 0 Å². The Morgan fingerprint density at radius 3 is 2.94 bits per heavy atom. The molecular weight excluding hydrogens is 232 g/mol. The number of carboxylic acid groups (broad SMARTS) is 1. The lowest BCUT2D eigenvalue weighted by atomic mass is 9.97. The summed E-state index contributed by atoms with van der Waals surface area (Å²) in [6.45, 7) is 2.77. The lowest BCUT2D eigenvalue weighted by molar-refractivity contribution is -0.143. The highest BCUT2D eigenvalue weighted by Gasteiger charge is 2.29. The summed E-state index contributed by atoms with van der Waals surface area (Å²) in [5.74, 6) is -1.39. The van der Waals surface area contributed by atoms with Crippen LogP contribution in [0.3, 0.4) is 0 Å². The monoisotopic (exact) mass is 248 g/mol. The molecule has 0 aliphatic carbocycles. The number of amides is 1. The average molecular weight is 248 g/mol. The first-order valence-electron chi connectivity index (χ1n) is 6.02. The Balaban J connectivity index is 2.14. The Bertz CT molecular complexity index is 473. The average Bonchev–Trinajstić information content (AvgIpc) is 2.38. The zero-order chi connectivity index (χ0) is 13.1. The number of aliphatic carboxylic acids is 1. The van der Waals surface area contributed by atoms with Crippen LogP contribution in [0.2, 0.25) is 0 Å². The largest absolute Gasteiger partial charge is 0.481 e. The van der Waals surface area contributed by atoms with Crippen LogP contribution < -0.4 is 0 Å². The lowest BCUT2D eigenvalue weighted by Crippen LogP contribution is -2.42. The Labute approximate surface area is 105 Å². The maximum atomic E-state index is 12.3. The maximum absolute atomic E-state index is 12.3. The van der Waals surface area contributed by atoms with Crippen molar-refractivity contribution in [2.24, 2.45) is 5.92 Å². The number of aryl methyl sites for hydroxylation is 1. The Morgan fingerprint density at radius 1 is 1.50 bits per heavy atom. The van der Waals surface area contributed by atoms with Gasteiger partial charge in [0.25, 0.3) is 5.91 Å². The molecule has 1 aromatic heterocycles. The molecule has 5 nitrogen and oxygen atoms in total. The van der Waals surface area contributed by atoms with Crippen molar-refractivity contribution >= 4 is 11.9 Å². The van der Waals surface area contributed by atoms with Crippen LogP contribution in [-0.4, -0.2) is 40.0 Å². The molecular formula is C13H16N2O3. The molecule has 0 spiro atoms. The second kappa shape index (κ2) is 5.16. The molecule has 1 aliphatic rings. The third-order valence-electron chi connectivity index (χ3n) is 3.33. The summed E-state index contributed by atoms with van der Waals surface area (Å²) in [5.41, 5.74) is 1.43. The van der Waals surface area contributed by atoms with E-state index in [0.717, 1.165) is 12.0 Å². The topological polar surface area (TPSA) is 70.5 Å². The molecule has 1 aliphatic heterocycles. The second-order valence-electron chi connectivity index (χ2n) is 4.62. The van der Waals surface area contributed by atoms with Gasteiger partial charge < -0.3 is 10.0 Å². The van der Waals surface area contributed by atoms with Gasteiger partial charge in [-0.3, -0.25) is 14.6 Å². The smallest absolute Gasteiger partial charge is 0.308 e. The van der Waals surface area contributed by atoms with Crippen molar-refractivity contribution in [2.45, 2.75) is 19.8 Å². The number of nitrogens with zero attached hydrogens (tertiary/aromatic N) is 2. The molecule has 1 saturated heterocycles. The first-order chi connectivity index (χ1) is 8.59. The maximum Gasteiger partial charge on any atom is 0.308 e. The number of rotatable bonds is 2. The molecule has 0 saturated carbocycles. The summed E-state index contributed by atoms with van der Waals surface area (Å²) in [6, 6.07) is 1.78. The van der Waals surface area contributed by atoms with E-state index in [0.29, 0.717) is 25.1 Å². The van der Waals surface area contributed by atoms with E-state index < -0.39 is 11.9 Å². The summed E-state index contributed by atoms with van der Waals surface area (Å²) in [7, 11) is 0. The number of hydrogen-bond donors (Lipinski definition) is 1. The van der Waals surface area contributed by atoms with Gasteiger partial charge >= 0.3 is 5.97 Å². The predicted octanol–water partition coefficient (Wildman–Crippen LogP) is 1.33. The number of aromatic nitrogens is 1. The van der Waals surface area contributed by atoms with Crippen LogP contribution >= 0.6 is 0 Å². The molecule has 96 valence electrons. The Morgan fingerprint density at radius 2 is 2.28 bits per heavy atom. The molecule has 1 unspecified atom stereocenters. The number of pyridine rings is 1. The van der Waals surface area contributed by atoms with Gasteiger partial charge in [0.15, 0.2) is 0 Å². The van der Waals surface area contributed by atoms with Crippen LogP contribution in [0.5, 0.6) is 0 Å². The highest BCUT2D eigenvalue weighted by molar-refractivity contribution is 5.95. The minimum Gasteiger partial charge on any atom is -0.481 e. The standard InChI is InChI=1S/C13H16N2O3/c1-9-4-5-14-7-11(9)12(16)15-6-2-3-10(8-15)13(17)18/h4-5,7,10H,2-3,6,8H2,1H3,(H,17,18). The van der Waals surface area contributed by atoms with Crippen molar-refractivity contribution in [3.8, 4) is 0 Å². The van der Waals surface area contributed by atoms with Gasteiger partial charge in [-0.05, 0) is 31.4 Å². The van der Waals surface area contributed by atoms with Crippen LogP contribution in [0.4, 0.5) is 0 Å². The Hall–Kier alpha value is -1.91. The number of piperidine rings is 1. The lowest BCUT2D eigenvalue weighted by Gasteiger charge is -2.31. The second-order valence-corrected chi connectivity index (χ2v) is 4.62. The van der Waals surface area contributed by atoms with Gasteiger partial charge in [0.2, 0.25) is 0 Å². The van der Waals surface area contributed by atoms with Gasteiger partial charge in [-0.15, -0.1) is 0 Å². The van der Waals surface area contributed by atoms with Crippen LogP contribution in [0.25, 0.3) is 0 Å². The highest BCUT2D eigenvalue weighted by atomic mass is 16.4. The molecule has 2 heterocycles. The normalized spacial score (nSPS) is 19.6. The van der Waals surface area contributed by atoms with Crippen molar-refractivity contribution in [1.29, 1.82) is 0 Å². The minimum absolute atomic E-state index is 0.119. The van der Waals surface area contributed by atoms with Crippen LogP contribution in [0.15, 0.2) is 18.5 Å². The fraction of sp³-hybridized carbons (Fsp3) is 0.462. The fourth-order valence-electron chi connectivity index (χ4n) is 2.22. The van der Waals surface area contributed by atoms with Gasteiger partial charge in [0, 0.05) is 25.5 Å². The molecule has 1 amide bonds. The third-order valence-corrected chi connectivity index (χ3v) is 3.33. The van der Waals surface area contributed by atoms with Crippen LogP contribution in [0, 0.1) is 12.8 Å². The summed E-state index contributed by atoms with van der Waals surface area (Å²) < 4.78 is 0. The van der Waals surface area contributed by atoms with E-state index in [1.165, 1.54) is 0 Å². The fourth-order valence-corrected chi connectivity index (χ4v) is 2.22. The van der Waals surface area contributed by atoms with E-state index in [1.807, 2.05) is 6.92 Å². The van der Waals surface area contributed by atoms with E-state index in [2.05, 4.69) is 4.98 Å². The highest BCUT2D eigenvalue weighted by Crippen LogP contribution is 2.19. The van der Waals surface area contributed by atoms with Gasteiger partial charge in [0.1, 0.15) is 0 Å². The minimum atomic E-state index is -0.824. The van der Waals surface area contributed by atoms with E-state index >= 15 is 0 Å². The molecule has 18 heavy (non-hydrogen) atoms. The Kier molecular flexibility index (Phi) is 3.60. The molecule has 0 radical (unpaired) electrons. The van der Waals surface area contributed by atoms with Gasteiger partial charge in [-0.25, -0.2) is 0 Å². The summed E-state index contributed by atoms with van der Waals surface area (Å²) in [5, 5.41) is 9.01. The molecule has 1 aromatic rings. The van der Waals surface area contributed by atoms with Gasteiger partial charge in [-0.1, -0.05) is 0 Å². The third kappa shape index (κ3) is 2.50. The molecule has 1 atom stereocenters. The van der Waals surface area contributed by atoms with Crippen molar-refractivity contribution in [2.75, 3.05) is 13.1 Å². The van der Waals surface area contributed by atoms with E-state index in [9.17, 15) is 9.59 Å². The molecule has 1 fully saturated rings. The zero-order valence-corrected chi connectivity index (χ0v) is 10.3. The predicted molar refractivity (Wildman–Crippen MR) is 65.2 cm³/mol. The van der Waals surface area contributed by atoms with E-state index in [4.69, 9.17) is 5.11 Å². The molecule has 2 rings (SSSR count). The molecule has 1 N–H and O–H groups in total. The molecule has 0 aromatic carbocycles. The summed E-state index contributed by atoms with van der Waals surface area (Å²) >= 11 is 0. The van der Waals surface area contributed by atoms with Gasteiger partial charge in [0.05, 0.1) is 11.5 Å². The number of carboxylic acids is 1. The number of carbonyl (C=O) groups is 2. The van der Waals surface area contributed by atoms with E-state index in [1.54, 1.807) is 23.4 Å². The first kappa shape index (κ1) is 12.5.